The molecule has 36 heavy (non-hydrogen) atoms. The summed E-state index contributed by atoms with van der Waals surface area (Å²) in [6, 6.07) is 16.0. The van der Waals surface area contributed by atoms with Gasteiger partial charge in [-0.05, 0) is 41.8 Å². The van der Waals surface area contributed by atoms with E-state index in [-0.39, 0.29) is 31.2 Å². The fraction of sp³-hybridized carbons (Fsp3) is 0.357. The van der Waals surface area contributed by atoms with Crippen LogP contribution in [0.5, 0.6) is 5.75 Å². The van der Waals surface area contributed by atoms with Crippen molar-refractivity contribution in [3.05, 3.63) is 93.2 Å². The Morgan fingerprint density at radius 2 is 1.78 bits per heavy atom. The van der Waals surface area contributed by atoms with E-state index in [9.17, 15) is 20.1 Å². The van der Waals surface area contributed by atoms with E-state index in [1.54, 1.807) is 0 Å². The molecule has 1 saturated heterocycles. The van der Waals surface area contributed by atoms with E-state index in [0.29, 0.717) is 19.2 Å². The average molecular weight is 490 g/mol. The summed E-state index contributed by atoms with van der Waals surface area (Å²) in [6.07, 6.45) is 2.48. The summed E-state index contributed by atoms with van der Waals surface area (Å²) < 4.78 is 5.50. The van der Waals surface area contributed by atoms with Crippen molar-refractivity contribution in [2.24, 2.45) is 0 Å². The fourth-order valence-corrected chi connectivity index (χ4v) is 4.34. The Balaban J connectivity index is 1.39. The van der Waals surface area contributed by atoms with Crippen LogP contribution in [-0.4, -0.2) is 69.2 Å². The van der Waals surface area contributed by atoms with Gasteiger partial charge in [-0.3, -0.25) is 9.69 Å². The largest absolute Gasteiger partial charge is 0.502 e. The molecule has 4 N–H and O–H groups in total. The van der Waals surface area contributed by atoms with Crippen molar-refractivity contribution in [2.75, 3.05) is 33.0 Å². The van der Waals surface area contributed by atoms with Crippen molar-refractivity contribution in [1.82, 2.24) is 14.9 Å². The third-order valence-corrected chi connectivity index (χ3v) is 6.45. The molecule has 0 radical (unpaired) electrons. The maximum absolute atomic E-state index is 11.6. The quantitative estimate of drug-likeness (QED) is 0.338. The number of aliphatic hydroxyl groups is 2. The number of nitrogens with one attached hydrogen (secondary N) is 1. The first kappa shape index (κ1) is 25.6. The monoisotopic (exact) mass is 489 g/mol. The van der Waals surface area contributed by atoms with Crippen molar-refractivity contribution in [3.63, 3.8) is 0 Å². The average Bonchev–Trinajstić information content (AvgIpc) is 3.44. The Labute approximate surface area is 210 Å². The number of aliphatic hydroxyl groups excluding tert-OH is 2. The van der Waals surface area contributed by atoms with Crippen molar-refractivity contribution in [2.45, 2.75) is 31.3 Å². The van der Waals surface area contributed by atoms with Crippen LogP contribution in [0, 0.1) is 11.8 Å². The van der Waals surface area contributed by atoms with Crippen LogP contribution in [-0.2, 0) is 17.7 Å². The molecule has 3 aromatic rings. The van der Waals surface area contributed by atoms with Crippen LogP contribution >= 0.6 is 0 Å². The first-order chi connectivity index (χ1) is 17.6. The molecule has 0 saturated carbocycles. The lowest BCUT2D eigenvalue weighted by Crippen LogP contribution is -2.37. The lowest BCUT2D eigenvalue weighted by Gasteiger charge is -2.27. The van der Waals surface area contributed by atoms with Gasteiger partial charge < -0.3 is 25.0 Å². The van der Waals surface area contributed by atoms with Gasteiger partial charge in [-0.25, -0.2) is 4.98 Å². The number of aromatic nitrogens is 2. The maximum atomic E-state index is 11.6. The summed E-state index contributed by atoms with van der Waals surface area (Å²) in [5.41, 5.74) is 3.44. The second-order valence-corrected chi connectivity index (χ2v) is 8.89. The molecule has 8 heteroatoms. The maximum Gasteiger partial charge on any atom is 0.293 e. The van der Waals surface area contributed by atoms with Gasteiger partial charge in [0.1, 0.15) is 0 Å². The zero-order valence-corrected chi connectivity index (χ0v) is 20.1. The number of hydrogen-bond acceptors (Lipinski definition) is 7. The number of nitrogens with zero attached hydrogens (tertiary/aromatic N) is 2. The van der Waals surface area contributed by atoms with Crippen LogP contribution in [0.4, 0.5) is 0 Å². The highest BCUT2D eigenvalue weighted by molar-refractivity contribution is 5.44. The Bertz CT molecular complexity index is 1240. The molecule has 0 unspecified atom stereocenters. The van der Waals surface area contributed by atoms with E-state index in [4.69, 9.17) is 4.74 Å². The third kappa shape index (κ3) is 6.59. The third-order valence-electron chi connectivity index (χ3n) is 6.45. The molecule has 1 aliphatic heterocycles. The summed E-state index contributed by atoms with van der Waals surface area (Å²) >= 11 is 0. The molecule has 1 aliphatic rings. The van der Waals surface area contributed by atoms with Crippen LogP contribution in [0.1, 0.15) is 40.3 Å². The van der Waals surface area contributed by atoms with Crippen molar-refractivity contribution in [3.8, 4) is 17.6 Å². The summed E-state index contributed by atoms with van der Waals surface area (Å²) in [5.74, 6) is 5.63. The predicted molar refractivity (Wildman–Crippen MR) is 136 cm³/mol. The first-order valence-corrected chi connectivity index (χ1v) is 12.1. The smallest absolute Gasteiger partial charge is 0.293 e. The summed E-state index contributed by atoms with van der Waals surface area (Å²) in [6.45, 7) is 2.87. The predicted octanol–water partition coefficient (Wildman–Crippen LogP) is 1.78. The zero-order valence-electron chi connectivity index (χ0n) is 20.1. The van der Waals surface area contributed by atoms with Gasteiger partial charge in [-0.1, -0.05) is 36.1 Å². The number of aromatic hydroxyl groups is 1. The topological polar surface area (TPSA) is 119 Å². The molecule has 2 heterocycles. The van der Waals surface area contributed by atoms with Crippen LogP contribution in [0.25, 0.3) is 0 Å². The van der Waals surface area contributed by atoms with Crippen molar-refractivity contribution >= 4 is 0 Å². The van der Waals surface area contributed by atoms with E-state index in [0.717, 1.165) is 36.3 Å². The lowest BCUT2D eigenvalue weighted by molar-refractivity contribution is 0.118. The number of H-pyrrole nitrogens is 1. The van der Waals surface area contributed by atoms with E-state index in [1.807, 2.05) is 36.4 Å². The number of hydrogen-bond donors (Lipinski definition) is 4. The molecule has 2 atom stereocenters. The summed E-state index contributed by atoms with van der Waals surface area (Å²) in [5, 5.41) is 29.2. The molecule has 188 valence electrons. The van der Waals surface area contributed by atoms with E-state index >= 15 is 0 Å². The van der Waals surface area contributed by atoms with Crippen LogP contribution in [0.3, 0.4) is 0 Å². The number of aromatic amines is 1. The molecule has 0 bridgehead atoms. The Morgan fingerprint density at radius 3 is 2.39 bits per heavy atom. The highest BCUT2D eigenvalue weighted by atomic mass is 16.5. The molecule has 4 rings (SSSR count). The first-order valence-electron chi connectivity index (χ1n) is 12.1. The Morgan fingerprint density at radius 1 is 1.08 bits per heavy atom. The zero-order chi connectivity index (χ0) is 25.3. The SMILES string of the molecule is O=c1[nH]cnc(C[C@H](CO)c2ccc(C#Cc3ccc(CN(CCO)[C@H]4CCOC4)cc3)cc2)c1O. The highest BCUT2D eigenvalue weighted by Gasteiger charge is 2.23. The van der Waals surface area contributed by atoms with Gasteiger partial charge in [0.25, 0.3) is 5.56 Å². The normalized spacial score (nSPS) is 16.0. The molecule has 0 spiro atoms. The van der Waals surface area contributed by atoms with Crippen molar-refractivity contribution < 1.29 is 20.1 Å². The minimum atomic E-state index is -0.596. The van der Waals surface area contributed by atoms with Crippen LogP contribution in [0.15, 0.2) is 59.7 Å². The van der Waals surface area contributed by atoms with Gasteiger partial charge in [-0.15, -0.1) is 0 Å². The summed E-state index contributed by atoms with van der Waals surface area (Å²) in [7, 11) is 0. The van der Waals surface area contributed by atoms with Gasteiger partial charge >= 0.3 is 0 Å². The fourth-order valence-electron chi connectivity index (χ4n) is 4.34. The molecular weight excluding hydrogens is 458 g/mol. The van der Waals surface area contributed by atoms with Crippen molar-refractivity contribution in [1.29, 1.82) is 0 Å². The minimum Gasteiger partial charge on any atom is -0.502 e. The number of rotatable bonds is 9. The molecule has 1 fully saturated rings. The van der Waals surface area contributed by atoms with Crippen LogP contribution < -0.4 is 5.56 Å². The molecule has 2 aromatic carbocycles. The molecular formula is C28H31N3O5. The number of benzene rings is 2. The highest BCUT2D eigenvalue weighted by Crippen LogP contribution is 2.23. The van der Waals surface area contributed by atoms with Gasteiger partial charge in [0, 0.05) is 49.2 Å². The van der Waals surface area contributed by atoms with Gasteiger partial charge in [0.05, 0.1) is 31.8 Å². The second kappa shape index (κ2) is 12.5. The second-order valence-electron chi connectivity index (χ2n) is 8.89. The van der Waals surface area contributed by atoms with Crippen LogP contribution in [0.2, 0.25) is 0 Å². The molecule has 0 amide bonds. The standard InChI is InChI=1S/C28H31N3O5/c32-13-12-31(25-11-14-36-18-25)16-22-5-3-20(4-6-22)1-2-21-7-9-23(10-8-21)24(17-33)15-26-27(34)28(35)30-19-29-26/h3-10,19,24-25,32-34H,11-18H2,(H,29,30,35)/t24-,25+/m1/s1. The van der Waals surface area contributed by atoms with E-state index in [2.05, 4.69) is 38.8 Å². The molecule has 0 aliphatic carbocycles. The number of ether oxygens (including phenoxy) is 1. The van der Waals surface area contributed by atoms with Gasteiger partial charge in [0.2, 0.25) is 5.75 Å². The van der Waals surface area contributed by atoms with Gasteiger partial charge in [0.15, 0.2) is 0 Å². The minimum absolute atomic E-state index is 0.128. The summed E-state index contributed by atoms with van der Waals surface area (Å²) in [4.78, 5) is 20.2. The van der Waals surface area contributed by atoms with E-state index in [1.165, 1.54) is 11.9 Å². The molecule has 8 nitrogen and oxygen atoms in total. The Kier molecular flexibility index (Phi) is 8.87. The van der Waals surface area contributed by atoms with Gasteiger partial charge in [-0.2, -0.15) is 0 Å². The Hall–Kier alpha value is -3.48. The lowest BCUT2D eigenvalue weighted by atomic mass is 9.94. The van der Waals surface area contributed by atoms with E-state index < -0.39 is 11.3 Å². The molecule has 1 aromatic heterocycles.